The van der Waals surface area contributed by atoms with Gasteiger partial charge in [0.25, 0.3) is 0 Å². The summed E-state index contributed by atoms with van der Waals surface area (Å²) >= 11 is 0. The highest BCUT2D eigenvalue weighted by molar-refractivity contribution is 5.46. The molecule has 0 unspecified atom stereocenters. The van der Waals surface area contributed by atoms with Crippen LogP contribution in [-0.2, 0) is 12.8 Å². The molecule has 0 saturated carbocycles. The summed E-state index contributed by atoms with van der Waals surface area (Å²) in [5.74, 6) is 1.66. The molecule has 0 fully saturated rings. The molecule has 3 aromatic carbocycles. The Bertz CT molecular complexity index is 695. The van der Waals surface area contributed by atoms with Gasteiger partial charge in [-0.1, -0.05) is 24.3 Å². The Morgan fingerprint density at radius 1 is 0.682 bits per heavy atom. The second-order valence-corrected chi connectivity index (χ2v) is 5.34. The second-order valence-electron chi connectivity index (χ2n) is 5.34. The van der Waals surface area contributed by atoms with Crippen LogP contribution in [0.1, 0.15) is 22.3 Å². The van der Waals surface area contributed by atoms with E-state index in [1.807, 2.05) is 48.5 Å². The van der Waals surface area contributed by atoms with Gasteiger partial charge in [-0.15, -0.1) is 0 Å². The quantitative estimate of drug-likeness (QED) is 0.700. The third-order valence-corrected chi connectivity index (χ3v) is 3.93. The third kappa shape index (κ3) is 3.03. The molecule has 0 N–H and O–H groups in total. The Labute approximate surface area is 129 Å². The molecule has 3 nitrogen and oxygen atoms in total. The van der Waals surface area contributed by atoms with Crippen LogP contribution in [0.3, 0.4) is 0 Å². The first kappa shape index (κ1) is 14.4. The number of hydrogen-bond acceptors (Lipinski definition) is 3. The fourth-order valence-electron chi connectivity index (χ4n) is 2.52. The van der Waals surface area contributed by atoms with Crippen molar-refractivity contribution in [3.8, 4) is 11.5 Å². The van der Waals surface area contributed by atoms with Crippen molar-refractivity contribution in [2.24, 2.45) is 0 Å². The van der Waals surface area contributed by atoms with Crippen molar-refractivity contribution in [2.75, 3.05) is 14.2 Å². The average molecular weight is 294 g/mol. The number of hydrogen-bond donors (Lipinski definition) is 0. The van der Waals surface area contributed by atoms with Gasteiger partial charge >= 0.3 is 0 Å². The fourth-order valence-corrected chi connectivity index (χ4v) is 2.52. The van der Waals surface area contributed by atoms with Crippen molar-refractivity contribution in [3.05, 3.63) is 81.0 Å². The van der Waals surface area contributed by atoms with Gasteiger partial charge in [0, 0.05) is 24.0 Å². The molecular weight excluding hydrogens is 276 g/mol. The van der Waals surface area contributed by atoms with E-state index in [0.29, 0.717) is 12.8 Å². The van der Waals surface area contributed by atoms with Gasteiger partial charge in [0.1, 0.15) is 11.5 Å². The first-order valence-electron chi connectivity index (χ1n) is 7.24. The Kier molecular flexibility index (Phi) is 3.96. The minimum atomic E-state index is 0.214. The molecule has 0 aliphatic rings. The summed E-state index contributed by atoms with van der Waals surface area (Å²) in [4.78, 5) is 11.9. The summed E-state index contributed by atoms with van der Waals surface area (Å²) in [5.41, 5.74) is 4.37. The van der Waals surface area contributed by atoms with E-state index in [-0.39, 0.29) is 5.43 Å². The van der Waals surface area contributed by atoms with Crippen LogP contribution in [0.25, 0.3) is 0 Å². The molecule has 0 atom stereocenters. The maximum Gasteiger partial charge on any atom is 0.186 e. The minimum Gasteiger partial charge on any atom is -0.497 e. The molecule has 0 bridgehead atoms. The Morgan fingerprint density at radius 2 is 1.05 bits per heavy atom. The van der Waals surface area contributed by atoms with E-state index in [1.54, 1.807) is 14.2 Å². The Hall–Kier alpha value is -2.55. The van der Waals surface area contributed by atoms with Gasteiger partial charge in [-0.2, -0.15) is 0 Å². The van der Waals surface area contributed by atoms with Crippen LogP contribution in [0.4, 0.5) is 0 Å². The van der Waals surface area contributed by atoms with E-state index in [0.717, 1.165) is 33.8 Å². The summed E-state index contributed by atoms with van der Waals surface area (Å²) in [6, 6.07) is 15.7. The molecule has 22 heavy (non-hydrogen) atoms. The maximum absolute atomic E-state index is 11.9. The van der Waals surface area contributed by atoms with Gasteiger partial charge in [0.15, 0.2) is 5.43 Å². The van der Waals surface area contributed by atoms with Crippen LogP contribution in [0.15, 0.2) is 53.3 Å². The number of benzene rings is 2. The van der Waals surface area contributed by atoms with E-state index >= 15 is 0 Å². The first-order valence-corrected chi connectivity index (χ1v) is 7.24. The van der Waals surface area contributed by atoms with Crippen LogP contribution in [0.5, 0.6) is 11.5 Å². The van der Waals surface area contributed by atoms with Crippen LogP contribution in [-0.4, -0.2) is 14.2 Å². The number of methoxy groups -OCH3 is 2. The van der Waals surface area contributed by atoms with Gasteiger partial charge in [-0.3, -0.25) is 4.79 Å². The zero-order chi connectivity index (χ0) is 15.5. The lowest BCUT2D eigenvalue weighted by Gasteiger charge is -2.01. The highest BCUT2D eigenvalue weighted by atomic mass is 16.5. The third-order valence-electron chi connectivity index (χ3n) is 3.93. The topological polar surface area (TPSA) is 35.5 Å². The van der Waals surface area contributed by atoms with Crippen molar-refractivity contribution < 1.29 is 9.47 Å². The van der Waals surface area contributed by atoms with Crippen LogP contribution in [0, 0.1) is 0 Å². The van der Waals surface area contributed by atoms with Crippen molar-refractivity contribution in [1.82, 2.24) is 0 Å². The van der Waals surface area contributed by atoms with Crippen LogP contribution >= 0.6 is 0 Å². The van der Waals surface area contributed by atoms with Crippen molar-refractivity contribution in [2.45, 2.75) is 12.8 Å². The largest absolute Gasteiger partial charge is 0.497 e. The van der Waals surface area contributed by atoms with Crippen LogP contribution < -0.4 is 14.9 Å². The molecule has 3 aromatic rings. The average Bonchev–Trinajstić information content (AvgIpc) is 3.16. The van der Waals surface area contributed by atoms with Gasteiger partial charge in [-0.25, -0.2) is 0 Å². The standard InChI is InChI=1S/C19H18O3/c1-21-15-7-3-13(4-8-15)11-17-18(19(17)20)12-14-5-9-16(22-2)10-6-14/h3-10H,11-12H2,1-2H3. The van der Waals surface area contributed by atoms with Crippen molar-refractivity contribution in [3.63, 3.8) is 0 Å². The SMILES string of the molecule is COc1ccc(Cc2c(Cc3ccc(OC)cc3)c2=O)cc1. The summed E-state index contributed by atoms with van der Waals surface area (Å²) < 4.78 is 10.3. The van der Waals surface area contributed by atoms with Gasteiger partial charge in [-0.05, 0) is 35.4 Å². The lowest BCUT2D eigenvalue weighted by Crippen LogP contribution is -1.87. The Morgan fingerprint density at radius 3 is 1.36 bits per heavy atom. The molecule has 0 saturated heterocycles. The molecular formula is C19H18O3. The molecule has 0 aliphatic heterocycles. The van der Waals surface area contributed by atoms with E-state index in [1.165, 1.54) is 0 Å². The van der Waals surface area contributed by atoms with E-state index < -0.39 is 0 Å². The number of ether oxygens (including phenoxy) is 2. The van der Waals surface area contributed by atoms with E-state index in [2.05, 4.69) is 0 Å². The maximum atomic E-state index is 11.9. The molecule has 0 aliphatic carbocycles. The van der Waals surface area contributed by atoms with Gasteiger partial charge in [0.2, 0.25) is 0 Å². The van der Waals surface area contributed by atoms with E-state index in [4.69, 9.17) is 9.47 Å². The lowest BCUT2D eigenvalue weighted by molar-refractivity contribution is 0.414. The minimum absolute atomic E-state index is 0.214. The normalized spacial score (nSPS) is 10.8. The predicted molar refractivity (Wildman–Crippen MR) is 86.7 cm³/mol. The number of rotatable bonds is 6. The molecule has 112 valence electrons. The molecule has 0 spiro atoms. The van der Waals surface area contributed by atoms with E-state index in [9.17, 15) is 4.79 Å². The smallest absolute Gasteiger partial charge is 0.186 e. The molecule has 3 heteroatoms. The van der Waals surface area contributed by atoms with Crippen molar-refractivity contribution >= 4 is 0 Å². The zero-order valence-electron chi connectivity index (χ0n) is 12.8. The van der Waals surface area contributed by atoms with Crippen LogP contribution in [0.2, 0.25) is 0 Å². The molecule has 3 rings (SSSR count). The second kappa shape index (κ2) is 6.06. The first-order chi connectivity index (χ1) is 10.7. The Balaban J connectivity index is 1.66. The molecule has 0 amide bonds. The molecule has 0 heterocycles. The van der Waals surface area contributed by atoms with Crippen molar-refractivity contribution in [1.29, 1.82) is 0 Å². The predicted octanol–water partition coefficient (Wildman–Crippen LogP) is 3.12. The summed E-state index contributed by atoms with van der Waals surface area (Å²) in [6.07, 6.45) is 1.41. The lowest BCUT2D eigenvalue weighted by atomic mass is 10.1. The van der Waals surface area contributed by atoms with Gasteiger partial charge in [0.05, 0.1) is 14.2 Å². The highest BCUT2D eigenvalue weighted by Crippen LogP contribution is 2.21. The highest BCUT2D eigenvalue weighted by Gasteiger charge is 2.22. The van der Waals surface area contributed by atoms with Gasteiger partial charge < -0.3 is 9.47 Å². The molecule has 0 aromatic heterocycles. The fraction of sp³-hybridized carbons (Fsp3) is 0.211. The summed E-state index contributed by atoms with van der Waals surface area (Å²) in [6.45, 7) is 0. The summed E-state index contributed by atoms with van der Waals surface area (Å²) in [5, 5.41) is 0. The zero-order valence-corrected chi connectivity index (χ0v) is 12.8. The monoisotopic (exact) mass is 294 g/mol. The molecule has 0 radical (unpaired) electrons. The summed E-state index contributed by atoms with van der Waals surface area (Å²) in [7, 11) is 3.30.